The molecule has 200 valence electrons. The number of carbonyl (C=O) groups is 1. The lowest BCUT2D eigenvalue weighted by Gasteiger charge is -2.39. The predicted octanol–water partition coefficient (Wildman–Crippen LogP) is 6.47. The van der Waals surface area contributed by atoms with Crippen molar-refractivity contribution in [2.75, 3.05) is 13.1 Å². The smallest absolute Gasteiger partial charge is 0.282 e. The van der Waals surface area contributed by atoms with Crippen LogP contribution in [0.4, 0.5) is 4.79 Å². The van der Waals surface area contributed by atoms with Gasteiger partial charge in [-0.15, -0.1) is 6.58 Å². The second-order valence-electron chi connectivity index (χ2n) is 10.5. The Kier molecular flexibility index (Phi) is 6.95. The van der Waals surface area contributed by atoms with Gasteiger partial charge < -0.3 is 4.90 Å². The molecule has 3 heterocycles. The highest BCUT2D eigenvalue weighted by molar-refractivity contribution is 8.14. The third-order valence-electron chi connectivity index (χ3n) is 8.19. The fourth-order valence-electron chi connectivity index (χ4n) is 6.14. The summed E-state index contributed by atoms with van der Waals surface area (Å²) >= 11 is 1.40. The first-order valence-electron chi connectivity index (χ1n) is 13.3. The molecular formula is C31H31N3O3S2. The summed E-state index contributed by atoms with van der Waals surface area (Å²) in [5.41, 5.74) is 3.24. The fraction of sp³-hybridized carbons (Fsp3) is 0.290. The van der Waals surface area contributed by atoms with Crippen molar-refractivity contribution >= 4 is 48.7 Å². The van der Waals surface area contributed by atoms with Crippen LogP contribution in [0, 0.1) is 18.8 Å². The lowest BCUT2D eigenvalue weighted by Crippen LogP contribution is -2.44. The molecule has 6 rings (SSSR count). The minimum atomic E-state index is -3.71. The van der Waals surface area contributed by atoms with E-state index in [9.17, 15) is 13.2 Å². The van der Waals surface area contributed by atoms with E-state index in [2.05, 4.69) is 35.3 Å². The van der Waals surface area contributed by atoms with E-state index in [-0.39, 0.29) is 39.8 Å². The first kappa shape index (κ1) is 26.0. The molecule has 2 aliphatic heterocycles. The zero-order chi connectivity index (χ0) is 27.1. The third-order valence-corrected chi connectivity index (χ3v) is 10.9. The van der Waals surface area contributed by atoms with Crippen LogP contribution in [-0.2, 0) is 10.0 Å². The van der Waals surface area contributed by atoms with Gasteiger partial charge in [-0.3, -0.25) is 9.78 Å². The van der Waals surface area contributed by atoms with Crippen molar-refractivity contribution in [3.05, 3.63) is 96.7 Å². The molecule has 0 unspecified atom stereocenters. The molecule has 8 heteroatoms. The van der Waals surface area contributed by atoms with Gasteiger partial charge in [0.25, 0.3) is 5.24 Å². The van der Waals surface area contributed by atoms with Crippen LogP contribution >= 0.6 is 11.8 Å². The molecule has 1 aromatic heterocycles. The summed E-state index contributed by atoms with van der Waals surface area (Å²) in [5, 5.41) is 2.81. The maximum Gasteiger partial charge on any atom is 0.282 e. The normalized spacial score (nSPS) is 22.2. The van der Waals surface area contributed by atoms with Gasteiger partial charge in [0.15, 0.2) is 0 Å². The Labute approximate surface area is 233 Å². The molecule has 4 atom stereocenters. The molecule has 0 saturated carbocycles. The monoisotopic (exact) mass is 557 g/mol. The van der Waals surface area contributed by atoms with E-state index in [1.807, 2.05) is 59.6 Å². The van der Waals surface area contributed by atoms with Crippen molar-refractivity contribution < 1.29 is 13.2 Å². The minimum absolute atomic E-state index is 0.00504. The molecule has 6 nitrogen and oxygen atoms in total. The molecule has 2 saturated heterocycles. The van der Waals surface area contributed by atoms with Gasteiger partial charge in [-0.05, 0) is 66.8 Å². The molecule has 0 spiro atoms. The molecule has 2 fully saturated rings. The van der Waals surface area contributed by atoms with Crippen molar-refractivity contribution in [3.63, 3.8) is 0 Å². The fourth-order valence-corrected chi connectivity index (χ4v) is 8.77. The van der Waals surface area contributed by atoms with E-state index in [0.29, 0.717) is 11.9 Å². The van der Waals surface area contributed by atoms with Crippen LogP contribution in [0.2, 0.25) is 0 Å². The number of nitrogens with one attached hydrogen (secondary N) is 1. The predicted molar refractivity (Wildman–Crippen MR) is 158 cm³/mol. The Morgan fingerprint density at radius 2 is 1.95 bits per heavy atom. The number of aryl methyl sites for hydroxylation is 1. The van der Waals surface area contributed by atoms with Crippen molar-refractivity contribution in [2.45, 2.75) is 36.0 Å². The van der Waals surface area contributed by atoms with Crippen LogP contribution in [-0.4, -0.2) is 42.7 Å². The highest BCUT2D eigenvalue weighted by Gasteiger charge is 2.46. The molecule has 0 bridgehead atoms. The average Bonchev–Trinajstić information content (AvgIpc) is 3.28. The Morgan fingerprint density at radius 1 is 1.13 bits per heavy atom. The van der Waals surface area contributed by atoms with Gasteiger partial charge in [-0.25, -0.2) is 13.1 Å². The molecule has 3 aromatic carbocycles. The summed E-state index contributed by atoms with van der Waals surface area (Å²) < 4.78 is 29.6. The first-order valence-corrected chi connectivity index (χ1v) is 15.6. The van der Waals surface area contributed by atoms with Gasteiger partial charge in [0.2, 0.25) is 10.0 Å². The van der Waals surface area contributed by atoms with Crippen LogP contribution in [0.25, 0.3) is 21.7 Å². The number of hydrogen-bond donors (Lipinski definition) is 1. The zero-order valence-electron chi connectivity index (χ0n) is 21.8. The van der Waals surface area contributed by atoms with Crippen LogP contribution in [0.1, 0.15) is 29.2 Å². The van der Waals surface area contributed by atoms with E-state index in [4.69, 9.17) is 0 Å². The van der Waals surface area contributed by atoms with Crippen LogP contribution in [0.5, 0.6) is 0 Å². The number of rotatable bonds is 7. The van der Waals surface area contributed by atoms with E-state index in [1.54, 1.807) is 12.1 Å². The maximum absolute atomic E-state index is 13.4. The first-order chi connectivity index (χ1) is 18.9. The van der Waals surface area contributed by atoms with Gasteiger partial charge in [0.05, 0.1) is 15.7 Å². The number of fused-ring (bicyclic) bond motifs is 3. The highest BCUT2D eigenvalue weighted by atomic mass is 32.2. The molecule has 4 aromatic rings. The van der Waals surface area contributed by atoms with E-state index < -0.39 is 10.0 Å². The molecule has 0 radical (unpaired) electrons. The number of piperidine rings is 1. The zero-order valence-corrected chi connectivity index (χ0v) is 23.4. The number of sulfonamides is 1. The Balaban J connectivity index is 1.23. The number of benzene rings is 3. The standard InChI is InChI=1S/C31H31N3O3S2/c1-3-21(19-33-39(36,37)29-10-6-8-22-7-4-5-9-24(22)29)23-14-16-34-28(18-23)30(38-31(34)35)25-13-15-32-27-12-11-20(2)17-26(25)27/h3-13,15,17,21,23,28,30,33H,1,14,16,18-19H2,2H3/t21-,23-,28-,30-/m0/s1. The largest absolute Gasteiger partial charge is 0.329 e. The number of nitrogens with zero attached hydrogens (tertiary/aromatic N) is 2. The number of carbonyl (C=O) groups excluding carboxylic acids is 1. The summed E-state index contributed by atoms with van der Waals surface area (Å²) in [5.74, 6) is 0.164. The van der Waals surface area contributed by atoms with Crippen molar-refractivity contribution in [2.24, 2.45) is 11.8 Å². The summed E-state index contributed by atoms with van der Waals surface area (Å²) in [4.78, 5) is 19.9. The number of aromatic nitrogens is 1. The lowest BCUT2D eigenvalue weighted by molar-refractivity contribution is 0.135. The minimum Gasteiger partial charge on any atom is -0.329 e. The Bertz CT molecular complexity index is 1680. The summed E-state index contributed by atoms with van der Waals surface area (Å²) in [6, 6.07) is 21.2. The van der Waals surface area contributed by atoms with Crippen molar-refractivity contribution in [1.29, 1.82) is 0 Å². The molecule has 0 aliphatic carbocycles. The van der Waals surface area contributed by atoms with Gasteiger partial charge in [-0.2, -0.15) is 0 Å². The second-order valence-corrected chi connectivity index (χ2v) is 13.3. The van der Waals surface area contributed by atoms with Crippen molar-refractivity contribution in [1.82, 2.24) is 14.6 Å². The van der Waals surface area contributed by atoms with Gasteiger partial charge in [0, 0.05) is 36.1 Å². The van der Waals surface area contributed by atoms with E-state index in [1.165, 1.54) is 11.8 Å². The van der Waals surface area contributed by atoms with E-state index >= 15 is 0 Å². The van der Waals surface area contributed by atoms with Crippen LogP contribution in [0.15, 0.2) is 90.5 Å². The third kappa shape index (κ3) is 4.86. The van der Waals surface area contributed by atoms with Crippen molar-refractivity contribution in [3.8, 4) is 0 Å². The lowest BCUT2D eigenvalue weighted by atomic mass is 9.79. The van der Waals surface area contributed by atoms with Gasteiger partial charge in [-0.1, -0.05) is 65.9 Å². The van der Waals surface area contributed by atoms with Crippen LogP contribution in [0.3, 0.4) is 0 Å². The number of pyridine rings is 1. The number of amides is 1. The molecule has 2 aliphatic rings. The number of hydrogen-bond acceptors (Lipinski definition) is 5. The Morgan fingerprint density at radius 3 is 2.79 bits per heavy atom. The average molecular weight is 558 g/mol. The summed E-state index contributed by atoms with van der Waals surface area (Å²) in [6.45, 7) is 7.07. The summed E-state index contributed by atoms with van der Waals surface area (Å²) in [7, 11) is -3.71. The van der Waals surface area contributed by atoms with Gasteiger partial charge >= 0.3 is 0 Å². The molecule has 1 amide bonds. The highest BCUT2D eigenvalue weighted by Crippen LogP contribution is 2.50. The second kappa shape index (κ2) is 10.4. The quantitative estimate of drug-likeness (QED) is 0.264. The maximum atomic E-state index is 13.4. The number of thioether (sulfide) groups is 1. The molecular weight excluding hydrogens is 526 g/mol. The SMILES string of the molecule is C=C[C@@H](CNS(=O)(=O)c1cccc2ccccc12)[C@H]1CCN2C(=O)S[C@@H](c3ccnc4ccc(C)cc34)[C@@H]2C1. The van der Waals surface area contributed by atoms with Crippen LogP contribution < -0.4 is 4.72 Å². The Hall–Kier alpha value is -3.20. The van der Waals surface area contributed by atoms with E-state index in [0.717, 1.165) is 40.3 Å². The van der Waals surface area contributed by atoms with Gasteiger partial charge in [0.1, 0.15) is 0 Å². The summed E-state index contributed by atoms with van der Waals surface area (Å²) in [6.07, 6.45) is 5.32. The molecule has 39 heavy (non-hydrogen) atoms. The molecule has 1 N–H and O–H groups in total. The topological polar surface area (TPSA) is 79.4 Å².